The van der Waals surface area contributed by atoms with Gasteiger partial charge in [-0.25, -0.2) is 4.98 Å². The molecule has 0 atom stereocenters. The van der Waals surface area contributed by atoms with Crippen molar-refractivity contribution < 1.29 is 9.47 Å². The van der Waals surface area contributed by atoms with Crippen LogP contribution < -0.4 is 25.9 Å². The molecule has 0 amide bonds. The summed E-state index contributed by atoms with van der Waals surface area (Å²) in [6.07, 6.45) is 6.87. The van der Waals surface area contributed by atoms with Gasteiger partial charge in [0.1, 0.15) is 22.8 Å². The van der Waals surface area contributed by atoms with E-state index >= 15 is 0 Å². The normalized spacial score (nSPS) is 11.0. The van der Waals surface area contributed by atoms with E-state index < -0.39 is 11.1 Å². The van der Waals surface area contributed by atoms with Crippen LogP contribution >= 0.6 is 0 Å². The van der Waals surface area contributed by atoms with E-state index in [1.165, 1.54) is 25.7 Å². The van der Waals surface area contributed by atoms with Crippen LogP contribution in [0.25, 0.3) is 22.4 Å². The molecule has 2 heterocycles. The lowest BCUT2D eigenvalue weighted by atomic mass is 10.1. The number of nitrogens with one attached hydrogen (secondary N) is 2. The Morgan fingerprint density at radius 3 is 2.13 bits per heavy atom. The highest BCUT2D eigenvalue weighted by atomic mass is 16.5. The largest absolute Gasteiger partial charge is 0.497 e. The number of ether oxygens (including phenoxy) is 2. The number of nitrogens with zero attached hydrogens (tertiary/aromatic N) is 3. The number of unbranched alkanes of at least 4 members (excludes halogenated alkanes) is 5. The maximum atomic E-state index is 13.4. The molecule has 38 heavy (non-hydrogen) atoms. The van der Waals surface area contributed by atoms with E-state index in [-0.39, 0.29) is 17.0 Å². The Morgan fingerprint density at radius 2 is 1.47 bits per heavy atom. The SMILES string of the molecule is CCCCCCCCNc1nc(=O)c2nc(-c3ccc(OC)cc3)n(Cc3ccc(OC)cc3)c2c(=O)[nH]1. The lowest BCUT2D eigenvalue weighted by Gasteiger charge is -2.10. The summed E-state index contributed by atoms with van der Waals surface area (Å²) in [6, 6.07) is 14.9. The molecule has 0 aliphatic rings. The second-order valence-electron chi connectivity index (χ2n) is 9.21. The number of hydrogen-bond donors (Lipinski definition) is 2. The lowest BCUT2D eigenvalue weighted by Crippen LogP contribution is -2.13. The Morgan fingerprint density at radius 1 is 0.842 bits per heavy atom. The van der Waals surface area contributed by atoms with Crippen molar-refractivity contribution in [2.24, 2.45) is 0 Å². The van der Waals surface area contributed by atoms with Gasteiger partial charge in [0.15, 0.2) is 5.52 Å². The standard InChI is InChI=1S/C29H35N5O4/c1-4-5-6-7-8-9-18-30-29-32-27(35)24-25(28(36)33-29)34(19-20-10-14-22(37-2)15-11-20)26(31-24)21-12-16-23(38-3)17-13-21/h10-17H,4-9,18-19H2,1-3H3,(H2,30,32,33,35,36). The number of rotatable bonds is 13. The van der Waals surface area contributed by atoms with Gasteiger partial charge in [-0.1, -0.05) is 51.2 Å². The molecule has 0 bridgehead atoms. The molecule has 0 unspecified atom stereocenters. The van der Waals surface area contributed by atoms with Gasteiger partial charge in [-0.2, -0.15) is 4.98 Å². The fourth-order valence-corrected chi connectivity index (χ4v) is 4.41. The van der Waals surface area contributed by atoms with Crippen LogP contribution in [0.3, 0.4) is 0 Å². The fraction of sp³-hybridized carbons (Fsp3) is 0.379. The van der Waals surface area contributed by atoms with Crippen molar-refractivity contribution in [3.8, 4) is 22.9 Å². The molecule has 0 saturated heterocycles. The minimum absolute atomic E-state index is 0.0261. The Balaban J connectivity index is 1.71. The summed E-state index contributed by atoms with van der Waals surface area (Å²) >= 11 is 0. The van der Waals surface area contributed by atoms with E-state index in [2.05, 4.69) is 27.2 Å². The minimum atomic E-state index is -0.563. The van der Waals surface area contributed by atoms with Crippen LogP contribution in [0.5, 0.6) is 11.5 Å². The molecular weight excluding hydrogens is 482 g/mol. The molecule has 9 nitrogen and oxygen atoms in total. The zero-order valence-electron chi connectivity index (χ0n) is 22.3. The second-order valence-corrected chi connectivity index (χ2v) is 9.21. The summed E-state index contributed by atoms with van der Waals surface area (Å²) in [6.45, 7) is 3.15. The Labute approximate surface area is 221 Å². The molecule has 0 spiro atoms. The molecule has 0 aliphatic carbocycles. The number of methoxy groups -OCH3 is 2. The molecule has 0 fully saturated rings. The zero-order chi connectivity index (χ0) is 26.9. The summed E-state index contributed by atoms with van der Waals surface area (Å²) in [7, 11) is 3.21. The average Bonchev–Trinajstić information content (AvgIpc) is 3.26. The van der Waals surface area contributed by atoms with E-state index in [1.54, 1.807) is 18.8 Å². The van der Waals surface area contributed by atoms with Crippen LogP contribution in [-0.4, -0.2) is 40.3 Å². The first kappa shape index (κ1) is 26.9. The maximum Gasteiger partial charge on any atom is 0.301 e. The molecule has 2 N–H and O–H groups in total. The van der Waals surface area contributed by atoms with Crippen LogP contribution in [0.1, 0.15) is 51.0 Å². The first-order valence-electron chi connectivity index (χ1n) is 13.1. The van der Waals surface area contributed by atoms with E-state index in [4.69, 9.17) is 9.47 Å². The number of anilines is 1. The van der Waals surface area contributed by atoms with E-state index in [9.17, 15) is 9.59 Å². The molecule has 4 aromatic rings. The van der Waals surface area contributed by atoms with Gasteiger partial charge in [-0.3, -0.25) is 14.6 Å². The van der Waals surface area contributed by atoms with Gasteiger partial charge in [0.25, 0.3) is 5.56 Å². The smallest absolute Gasteiger partial charge is 0.301 e. The van der Waals surface area contributed by atoms with Crippen LogP contribution in [0.4, 0.5) is 5.95 Å². The topological polar surface area (TPSA) is 111 Å². The fourth-order valence-electron chi connectivity index (χ4n) is 4.41. The predicted molar refractivity (Wildman–Crippen MR) is 150 cm³/mol. The number of hydrogen-bond acceptors (Lipinski definition) is 7. The molecule has 0 radical (unpaired) electrons. The van der Waals surface area contributed by atoms with Gasteiger partial charge < -0.3 is 19.4 Å². The predicted octanol–water partition coefficient (Wildman–Crippen LogP) is 4.98. The Hall–Kier alpha value is -4.14. The number of benzene rings is 2. The molecule has 0 saturated carbocycles. The van der Waals surface area contributed by atoms with Crippen molar-refractivity contribution in [3.63, 3.8) is 0 Å². The van der Waals surface area contributed by atoms with Crippen LogP contribution in [0.15, 0.2) is 58.1 Å². The van der Waals surface area contributed by atoms with Crippen molar-refractivity contribution in [2.75, 3.05) is 26.1 Å². The van der Waals surface area contributed by atoms with Gasteiger partial charge in [0.05, 0.1) is 14.2 Å². The molecule has 2 aromatic heterocycles. The zero-order valence-corrected chi connectivity index (χ0v) is 22.3. The number of aromatic amines is 1. The van der Waals surface area contributed by atoms with Gasteiger partial charge in [0, 0.05) is 18.7 Å². The van der Waals surface area contributed by atoms with Gasteiger partial charge in [0.2, 0.25) is 5.95 Å². The number of fused-ring (bicyclic) bond motifs is 1. The number of H-pyrrole nitrogens is 1. The van der Waals surface area contributed by atoms with E-state index in [0.717, 1.165) is 29.7 Å². The third kappa shape index (κ3) is 6.40. The third-order valence-electron chi connectivity index (χ3n) is 6.50. The van der Waals surface area contributed by atoms with Crippen molar-refractivity contribution >= 4 is 17.0 Å². The van der Waals surface area contributed by atoms with Crippen LogP contribution in [-0.2, 0) is 6.54 Å². The minimum Gasteiger partial charge on any atom is -0.497 e. The maximum absolute atomic E-state index is 13.4. The summed E-state index contributed by atoms with van der Waals surface area (Å²) in [5.41, 5.74) is 0.883. The van der Waals surface area contributed by atoms with Crippen molar-refractivity contribution in [1.82, 2.24) is 19.5 Å². The van der Waals surface area contributed by atoms with Crippen molar-refractivity contribution in [3.05, 3.63) is 74.8 Å². The van der Waals surface area contributed by atoms with Gasteiger partial charge in [-0.05, 0) is 48.4 Å². The Bertz CT molecular complexity index is 1460. The molecule has 4 rings (SSSR count). The number of aromatic nitrogens is 4. The van der Waals surface area contributed by atoms with Gasteiger partial charge in [-0.15, -0.1) is 0 Å². The van der Waals surface area contributed by atoms with Crippen molar-refractivity contribution in [2.45, 2.75) is 52.0 Å². The molecular formula is C29H35N5O4. The highest BCUT2D eigenvalue weighted by molar-refractivity contribution is 5.79. The summed E-state index contributed by atoms with van der Waals surface area (Å²) in [5.74, 6) is 2.09. The number of imidazole rings is 1. The first-order chi connectivity index (χ1) is 18.5. The summed E-state index contributed by atoms with van der Waals surface area (Å²) < 4.78 is 12.3. The molecule has 0 aliphatic heterocycles. The van der Waals surface area contributed by atoms with E-state index in [0.29, 0.717) is 24.7 Å². The molecule has 9 heteroatoms. The first-order valence-corrected chi connectivity index (χ1v) is 13.1. The Kier molecular flexibility index (Phi) is 9.13. The highest BCUT2D eigenvalue weighted by Crippen LogP contribution is 2.25. The monoisotopic (exact) mass is 517 g/mol. The summed E-state index contributed by atoms with van der Waals surface area (Å²) in [4.78, 5) is 38.2. The third-order valence-corrected chi connectivity index (χ3v) is 6.50. The second kappa shape index (κ2) is 12.9. The molecule has 200 valence electrons. The van der Waals surface area contributed by atoms with Crippen LogP contribution in [0, 0.1) is 0 Å². The van der Waals surface area contributed by atoms with Crippen LogP contribution in [0.2, 0.25) is 0 Å². The average molecular weight is 518 g/mol. The quantitative estimate of drug-likeness (QED) is 0.241. The van der Waals surface area contributed by atoms with Gasteiger partial charge >= 0.3 is 5.56 Å². The molecule has 2 aromatic carbocycles. The highest BCUT2D eigenvalue weighted by Gasteiger charge is 2.19. The summed E-state index contributed by atoms with van der Waals surface area (Å²) in [5, 5.41) is 3.11. The van der Waals surface area contributed by atoms with Crippen molar-refractivity contribution in [1.29, 1.82) is 0 Å². The van der Waals surface area contributed by atoms with E-state index in [1.807, 2.05) is 48.5 Å². The lowest BCUT2D eigenvalue weighted by molar-refractivity contribution is 0.414.